The van der Waals surface area contributed by atoms with Crippen LogP contribution in [0.4, 0.5) is 0 Å². The number of hydrogen-bond acceptors (Lipinski definition) is 6. The first-order valence-corrected chi connectivity index (χ1v) is 11.2. The number of amides is 1. The van der Waals surface area contributed by atoms with E-state index in [1.165, 1.54) is 0 Å². The molecule has 0 spiro atoms. The van der Waals surface area contributed by atoms with Crippen LogP contribution in [0.25, 0.3) is 0 Å². The molecule has 1 saturated heterocycles. The maximum Gasteiger partial charge on any atom is 0.237 e. The Balaban J connectivity index is 1.75. The molecule has 0 saturated carbocycles. The minimum Gasteiger partial charge on any atom is -0.497 e. The zero-order valence-corrected chi connectivity index (χ0v) is 20.1. The summed E-state index contributed by atoms with van der Waals surface area (Å²) in [5.41, 5.74) is 3.12. The number of nitrogens with zero attached hydrogens (tertiary/aromatic N) is 4. The lowest BCUT2D eigenvalue weighted by Crippen LogP contribution is -2.42. The second-order valence-electron chi connectivity index (χ2n) is 8.56. The number of rotatable bonds is 9. The minimum atomic E-state index is -0.109. The van der Waals surface area contributed by atoms with Crippen molar-refractivity contribution < 1.29 is 19.0 Å². The first kappa shape index (κ1) is 24.1. The fourth-order valence-electron chi connectivity index (χ4n) is 4.02. The highest BCUT2D eigenvalue weighted by Gasteiger charge is 2.30. The van der Waals surface area contributed by atoms with Crippen molar-refractivity contribution in [1.82, 2.24) is 19.6 Å². The van der Waals surface area contributed by atoms with Gasteiger partial charge in [0.2, 0.25) is 5.91 Å². The summed E-state index contributed by atoms with van der Waals surface area (Å²) in [5, 5.41) is 4.55. The Bertz CT molecular complexity index is 889. The molecule has 1 aliphatic heterocycles. The Kier molecular flexibility index (Phi) is 8.15. The second-order valence-corrected chi connectivity index (χ2v) is 8.56. The summed E-state index contributed by atoms with van der Waals surface area (Å²) in [7, 11) is 3.27. The van der Waals surface area contributed by atoms with Gasteiger partial charge in [0.25, 0.3) is 0 Å². The fourth-order valence-corrected chi connectivity index (χ4v) is 4.02. The maximum absolute atomic E-state index is 13.0. The molecule has 176 valence electrons. The van der Waals surface area contributed by atoms with E-state index in [1.807, 2.05) is 48.6 Å². The molecular formula is C24H36N4O4. The number of carbonyl (C=O) groups is 1. The standard InChI is InChI=1S/C24H36N4O4/c1-7-27-12-20(18(4)25-27)11-26-13-23(14-28(17(2)3)24(29)15-26)32-16-19-8-21(30-5)10-22(9-19)31-6/h8-10,12,17,23H,7,11,13-16H2,1-6H3/t23-/m1/s1. The highest BCUT2D eigenvalue weighted by Crippen LogP contribution is 2.24. The zero-order valence-electron chi connectivity index (χ0n) is 20.1. The summed E-state index contributed by atoms with van der Waals surface area (Å²) >= 11 is 0. The lowest BCUT2D eigenvalue weighted by Gasteiger charge is -2.28. The lowest BCUT2D eigenvalue weighted by molar-refractivity contribution is -0.133. The number of aryl methyl sites for hydroxylation is 2. The van der Waals surface area contributed by atoms with Crippen LogP contribution < -0.4 is 9.47 Å². The number of hydrogen-bond donors (Lipinski definition) is 0. The van der Waals surface area contributed by atoms with Gasteiger partial charge < -0.3 is 19.1 Å². The molecule has 1 aliphatic rings. The van der Waals surface area contributed by atoms with Gasteiger partial charge in [0, 0.05) is 50.0 Å². The van der Waals surface area contributed by atoms with Gasteiger partial charge in [-0.3, -0.25) is 14.4 Å². The average molecular weight is 445 g/mol. The Hall–Kier alpha value is -2.58. The van der Waals surface area contributed by atoms with Crippen molar-refractivity contribution in [3.63, 3.8) is 0 Å². The summed E-state index contributed by atoms with van der Waals surface area (Å²) in [4.78, 5) is 17.1. The Morgan fingerprint density at radius 3 is 2.38 bits per heavy atom. The Morgan fingerprint density at radius 1 is 1.12 bits per heavy atom. The molecule has 0 unspecified atom stereocenters. The summed E-state index contributed by atoms with van der Waals surface area (Å²) in [6, 6.07) is 5.86. The molecular weight excluding hydrogens is 408 g/mol. The van der Waals surface area contributed by atoms with Crippen LogP contribution in [-0.4, -0.2) is 71.5 Å². The van der Waals surface area contributed by atoms with Crippen LogP contribution in [0, 0.1) is 6.92 Å². The third kappa shape index (κ3) is 6.01. The molecule has 0 N–H and O–H groups in total. The summed E-state index contributed by atoms with van der Waals surface area (Å²) in [6.45, 7) is 11.7. The van der Waals surface area contributed by atoms with Crippen molar-refractivity contribution in [2.75, 3.05) is 33.9 Å². The van der Waals surface area contributed by atoms with Crippen LogP contribution in [-0.2, 0) is 29.2 Å². The van der Waals surface area contributed by atoms with Crippen molar-refractivity contribution in [2.24, 2.45) is 0 Å². The topological polar surface area (TPSA) is 69.1 Å². The molecule has 1 amide bonds. The summed E-state index contributed by atoms with van der Waals surface area (Å²) in [6.07, 6.45) is 1.96. The number of benzene rings is 1. The van der Waals surface area contributed by atoms with Gasteiger partial charge in [-0.1, -0.05) is 0 Å². The molecule has 1 aromatic carbocycles. The van der Waals surface area contributed by atoms with E-state index in [-0.39, 0.29) is 18.1 Å². The largest absolute Gasteiger partial charge is 0.497 e. The quantitative estimate of drug-likeness (QED) is 0.592. The van der Waals surface area contributed by atoms with E-state index >= 15 is 0 Å². The van der Waals surface area contributed by atoms with E-state index in [2.05, 4.69) is 23.1 Å². The van der Waals surface area contributed by atoms with Gasteiger partial charge in [0.1, 0.15) is 11.5 Å². The molecule has 2 aromatic rings. The van der Waals surface area contributed by atoms with E-state index in [0.29, 0.717) is 32.8 Å². The molecule has 0 radical (unpaired) electrons. The first-order valence-electron chi connectivity index (χ1n) is 11.2. The highest BCUT2D eigenvalue weighted by molar-refractivity contribution is 5.79. The van der Waals surface area contributed by atoms with Crippen molar-refractivity contribution in [2.45, 2.75) is 59.5 Å². The van der Waals surface area contributed by atoms with E-state index in [9.17, 15) is 4.79 Å². The van der Waals surface area contributed by atoms with Gasteiger partial charge in [0.15, 0.2) is 0 Å². The van der Waals surface area contributed by atoms with E-state index in [0.717, 1.165) is 34.9 Å². The van der Waals surface area contributed by atoms with Crippen LogP contribution in [0.1, 0.15) is 37.6 Å². The Morgan fingerprint density at radius 2 is 1.81 bits per heavy atom. The molecule has 32 heavy (non-hydrogen) atoms. The van der Waals surface area contributed by atoms with E-state index in [4.69, 9.17) is 14.2 Å². The van der Waals surface area contributed by atoms with E-state index in [1.54, 1.807) is 14.2 Å². The average Bonchev–Trinajstić information content (AvgIpc) is 3.04. The molecule has 3 rings (SSSR count). The third-order valence-electron chi connectivity index (χ3n) is 5.83. The number of carbonyl (C=O) groups excluding carboxylic acids is 1. The van der Waals surface area contributed by atoms with Gasteiger partial charge in [-0.25, -0.2) is 0 Å². The molecule has 8 heteroatoms. The smallest absolute Gasteiger partial charge is 0.237 e. The molecule has 2 heterocycles. The molecule has 1 atom stereocenters. The number of aromatic nitrogens is 2. The monoisotopic (exact) mass is 444 g/mol. The molecule has 1 aromatic heterocycles. The van der Waals surface area contributed by atoms with Crippen molar-refractivity contribution in [1.29, 1.82) is 0 Å². The molecule has 8 nitrogen and oxygen atoms in total. The number of ether oxygens (including phenoxy) is 3. The van der Waals surface area contributed by atoms with Gasteiger partial charge >= 0.3 is 0 Å². The highest BCUT2D eigenvalue weighted by atomic mass is 16.5. The minimum absolute atomic E-state index is 0.109. The van der Waals surface area contributed by atoms with Crippen LogP contribution in [0.5, 0.6) is 11.5 Å². The molecule has 1 fully saturated rings. The van der Waals surface area contributed by atoms with Gasteiger partial charge in [0.05, 0.1) is 39.2 Å². The summed E-state index contributed by atoms with van der Waals surface area (Å²) in [5.74, 6) is 1.59. The number of methoxy groups -OCH3 is 2. The predicted molar refractivity (Wildman–Crippen MR) is 123 cm³/mol. The summed E-state index contributed by atoms with van der Waals surface area (Å²) < 4.78 is 19.0. The van der Waals surface area contributed by atoms with Crippen molar-refractivity contribution in [3.8, 4) is 11.5 Å². The first-order chi connectivity index (χ1) is 15.3. The van der Waals surface area contributed by atoms with Crippen molar-refractivity contribution in [3.05, 3.63) is 41.2 Å². The van der Waals surface area contributed by atoms with Crippen LogP contribution in [0.15, 0.2) is 24.4 Å². The SMILES string of the molecule is CCn1cc(CN2CC(=O)N(C(C)C)C[C@H](OCc3cc(OC)cc(OC)c3)C2)c(C)n1. The lowest BCUT2D eigenvalue weighted by atomic mass is 10.2. The fraction of sp³-hybridized carbons (Fsp3) is 0.583. The normalized spacial score (nSPS) is 17.7. The van der Waals surface area contributed by atoms with Crippen molar-refractivity contribution >= 4 is 5.91 Å². The third-order valence-corrected chi connectivity index (χ3v) is 5.83. The van der Waals surface area contributed by atoms with Gasteiger partial charge in [-0.05, 0) is 45.4 Å². The van der Waals surface area contributed by atoms with Crippen LogP contribution in [0.3, 0.4) is 0 Å². The predicted octanol–water partition coefficient (Wildman–Crippen LogP) is 2.87. The maximum atomic E-state index is 13.0. The van der Waals surface area contributed by atoms with Crippen LogP contribution >= 0.6 is 0 Å². The second kappa shape index (κ2) is 10.8. The van der Waals surface area contributed by atoms with Gasteiger partial charge in [-0.15, -0.1) is 0 Å². The van der Waals surface area contributed by atoms with Gasteiger partial charge in [-0.2, -0.15) is 5.10 Å². The Labute approximate surface area is 191 Å². The molecule has 0 aliphatic carbocycles. The van der Waals surface area contributed by atoms with E-state index < -0.39 is 0 Å². The molecule has 0 bridgehead atoms. The van der Waals surface area contributed by atoms with Crippen LogP contribution in [0.2, 0.25) is 0 Å². The zero-order chi connectivity index (χ0) is 23.3.